The van der Waals surface area contributed by atoms with Crippen LogP contribution in [0.5, 0.6) is 0 Å². The van der Waals surface area contributed by atoms with Gasteiger partial charge < -0.3 is 14.6 Å². The highest BCUT2D eigenvalue weighted by atomic mass is 16.3. The molecule has 0 saturated carbocycles. The number of hydrogen-bond acceptors (Lipinski definition) is 3. The molecule has 1 aliphatic rings. The van der Waals surface area contributed by atoms with Crippen molar-refractivity contribution < 1.29 is 9.90 Å². The lowest BCUT2D eigenvalue weighted by molar-refractivity contribution is -0.131. The maximum Gasteiger partial charge on any atom is 0.224 e. The van der Waals surface area contributed by atoms with Gasteiger partial charge in [-0.15, -0.1) is 0 Å². The summed E-state index contributed by atoms with van der Waals surface area (Å²) in [5, 5.41) is 9.46. The molecule has 0 aliphatic carbocycles. The molecule has 5 nitrogen and oxygen atoms in total. The molecule has 1 N–H and O–H groups in total. The molecular weight excluding hydrogens is 230 g/mol. The molecular formula is C13H21N3O2. The number of amides is 1. The van der Waals surface area contributed by atoms with Gasteiger partial charge in [0.2, 0.25) is 5.91 Å². The minimum absolute atomic E-state index is 0.138. The third-order valence-electron chi connectivity index (χ3n) is 3.49. The molecule has 2 rings (SSSR count). The summed E-state index contributed by atoms with van der Waals surface area (Å²) in [6.07, 6.45) is 8.29. The molecule has 2 atom stereocenters. The van der Waals surface area contributed by atoms with E-state index in [1.165, 1.54) is 0 Å². The van der Waals surface area contributed by atoms with E-state index in [2.05, 4.69) is 11.9 Å². The molecule has 5 heteroatoms. The number of aromatic nitrogens is 2. The number of carbonyl (C=O) groups excluding carboxylic acids is 1. The first-order valence-electron chi connectivity index (χ1n) is 6.64. The predicted octanol–water partition coefficient (Wildman–Crippen LogP) is 1.21. The van der Waals surface area contributed by atoms with E-state index in [4.69, 9.17) is 0 Å². The Morgan fingerprint density at radius 2 is 2.44 bits per heavy atom. The van der Waals surface area contributed by atoms with Crippen molar-refractivity contribution in [3.8, 4) is 0 Å². The van der Waals surface area contributed by atoms with E-state index in [-0.39, 0.29) is 18.1 Å². The van der Waals surface area contributed by atoms with Gasteiger partial charge in [-0.1, -0.05) is 13.3 Å². The molecule has 18 heavy (non-hydrogen) atoms. The molecule has 100 valence electrons. The van der Waals surface area contributed by atoms with Crippen LogP contribution < -0.4 is 0 Å². The molecule has 0 radical (unpaired) electrons. The Kier molecular flexibility index (Phi) is 4.36. The monoisotopic (exact) mass is 251 g/mol. The van der Waals surface area contributed by atoms with Crippen LogP contribution in [-0.4, -0.2) is 44.7 Å². The first-order chi connectivity index (χ1) is 8.70. The minimum atomic E-state index is -0.341. The molecule has 1 fully saturated rings. The van der Waals surface area contributed by atoms with Gasteiger partial charge in [-0.3, -0.25) is 4.79 Å². The van der Waals surface area contributed by atoms with E-state index in [0.717, 1.165) is 12.8 Å². The molecule has 1 aliphatic heterocycles. The van der Waals surface area contributed by atoms with Gasteiger partial charge >= 0.3 is 0 Å². The lowest BCUT2D eigenvalue weighted by Gasteiger charge is -2.21. The summed E-state index contributed by atoms with van der Waals surface area (Å²) < 4.78 is 2.01. The zero-order chi connectivity index (χ0) is 13.0. The number of likely N-dealkylation sites (tertiary alicyclic amines) is 1. The number of carbonyl (C=O) groups is 1. The van der Waals surface area contributed by atoms with E-state index < -0.39 is 0 Å². The summed E-state index contributed by atoms with van der Waals surface area (Å²) >= 11 is 0. The third-order valence-corrected chi connectivity index (χ3v) is 3.49. The Bertz CT molecular complexity index is 378. The van der Waals surface area contributed by atoms with E-state index in [0.29, 0.717) is 25.9 Å². The Morgan fingerprint density at radius 1 is 1.61 bits per heavy atom. The van der Waals surface area contributed by atoms with Crippen LogP contribution in [0.4, 0.5) is 0 Å². The topological polar surface area (TPSA) is 58.4 Å². The summed E-state index contributed by atoms with van der Waals surface area (Å²) in [7, 11) is 0. The van der Waals surface area contributed by atoms with Crippen LogP contribution in [0.25, 0.3) is 0 Å². The molecule has 0 bridgehead atoms. The number of imidazole rings is 1. The molecule has 1 amide bonds. The number of rotatable bonds is 5. The fraction of sp³-hybridized carbons (Fsp3) is 0.692. The van der Waals surface area contributed by atoms with Crippen LogP contribution in [0, 0.1) is 0 Å². The largest absolute Gasteiger partial charge is 0.391 e. The van der Waals surface area contributed by atoms with E-state index in [9.17, 15) is 9.90 Å². The standard InChI is InChI=1S/C13H21N3O2/c1-2-3-11(16-7-5-14-10-16)8-13(18)15-6-4-12(17)9-15/h5,7,10-12,17H,2-4,6,8-9H2,1H3. The SMILES string of the molecule is CCCC(CC(=O)N1CCC(O)C1)n1ccnc1. The van der Waals surface area contributed by atoms with Crippen molar-refractivity contribution in [2.24, 2.45) is 0 Å². The molecule has 2 heterocycles. The predicted molar refractivity (Wildman–Crippen MR) is 68.0 cm³/mol. The van der Waals surface area contributed by atoms with Crippen LogP contribution >= 0.6 is 0 Å². The van der Waals surface area contributed by atoms with Crippen molar-refractivity contribution in [3.05, 3.63) is 18.7 Å². The summed E-state index contributed by atoms with van der Waals surface area (Å²) in [6.45, 7) is 3.29. The Morgan fingerprint density at radius 3 is 3.00 bits per heavy atom. The van der Waals surface area contributed by atoms with Crippen molar-refractivity contribution in [1.82, 2.24) is 14.5 Å². The van der Waals surface area contributed by atoms with Crippen LogP contribution in [0.3, 0.4) is 0 Å². The van der Waals surface area contributed by atoms with Gasteiger partial charge in [0.1, 0.15) is 0 Å². The van der Waals surface area contributed by atoms with Gasteiger partial charge in [0.25, 0.3) is 0 Å². The molecule has 0 spiro atoms. The highest BCUT2D eigenvalue weighted by molar-refractivity contribution is 5.77. The number of nitrogens with zero attached hydrogens (tertiary/aromatic N) is 3. The fourth-order valence-corrected chi connectivity index (χ4v) is 2.47. The van der Waals surface area contributed by atoms with Gasteiger partial charge in [0, 0.05) is 37.9 Å². The number of aliphatic hydroxyl groups excluding tert-OH is 1. The van der Waals surface area contributed by atoms with E-state index >= 15 is 0 Å². The summed E-state index contributed by atoms with van der Waals surface area (Å²) in [5.74, 6) is 0.138. The highest BCUT2D eigenvalue weighted by Crippen LogP contribution is 2.20. The van der Waals surface area contributed by atoms with Crippen LogP contribution in [0.15, 0.2) is 18.7 Å². The number of aliphatic hydroxyl groups is 1. The first-order valence-corrected chi connectivity index (χ1v) is 6.64. The molecule has 1 aromatic heterocycles. The normalized spacial score (nSPS) is 21.2. The highest BCUT2D eigenvalue weighted by Gasteiger charge is 2.26. The smallest absolute Gasteiger partial charge is 0.224 e. The third kappa shape index (κ3) is 3.10. The van der Waals surface area contributed by atoms with Gasteiger partial charge in [0.15, 0.2) is 0 Å². The minimum Gasteiger partial charge on any atom is -0.391 e. The average molecular weight is 251 g/mol. The second-order valence-corrected chi connectivity index (χ2v) is 4.94. The zero-order valence-electron chi connectivity index (χ0n) is 10.8. The van der Waals surface area contributed by atoms with Crippen molar-refractivity contribution in [3.63, 3.8) is 0 Å². The maximum atomic E-state index is 12.2. The second kappa shape index (κ2) is 6.00. The van der Waals surface area contributed by atoms with Crippen molar-refractivity contribution in [1.29, 1.82) is 0 Å². The number of hydrogen-bond donors (Lipinski definition) is 1. The molecule has 1 saturated heterocycles. The van der Waals surface area contributed by atoms with Gasteiger partial charge in [-0.25, -0.2) is 4.98 Å². The first kappa shape index (κ1) is 13.1. The molecule has 2 unspecified atom stereocenters. The Labute approximate surface area is 107 Å². The van der Waals surface area contributed by atoms with Gasteiger partial charge in [-0.2, -0.15) is 0 Å². The van der Waals surface area contributed by atoms with Crippen LogP contribution in [-0.2, 0) is 4.79 Å². The summed E-state index contributed by atoms with van der Waals surface area (Å²) in [6, 6.07) is 0.183. The second-order valence-electron chi connectivity index (χ2n) is 4.94. The van der Waals surface area contributed by atoms with Crippen LogP contribution in [0.1, 0.15) is 38.6 Å². The maximum absolute atomic E-state index is 12.2. The summed E-state index contributed by atoms with van der Waals surface area (Å²) in [4.78, 5) is 18.0. The molecule has 0 aromatic carbocycles. The van der Waals surface area contributed by atoms with E-state index in [1.54, 1.807) is 17.4 Å². The number of β-amino-alcohol motifs (C(OH)–C–C–N with tert-alkyl or cyclic N) is 1. The average Bonchev–Trinajstić information content (AvgIpc) is 2.98. The lowest BCUT2D eigenvalue weighted by atomic mass is 10.1. The van der Waals surface area contributed by atoms with Gasteiger partial charge in [-0.05, 0) is 12.8 Å². The summed E-state index contributed by atoms with van der Waals surface area (Å²) in [5.41, 5.74) is 0. The zero-order valence-corrected chi connectivity index (χ0v) is 10.8. The Balaban J connectivity index is 1.94. The van der Waals surface area contributed by atoms with Crippen LogP contribution in [0.2, 0.25) is 0 Å². The van der Waals surface area contributed by atoms with Crippen molar-refractivity contribution in [2.75, 3.05) is 13.1 Å². The van der Waals surface area contributed by atoms with Gasteiger partial charge in [0.05, 0.1) is 12.4 Å². The Hall–Kier alpha value is -1.36. The fourth-order valence-electron chi connectivity index (χ4n) is 2.47. The molecule has 1 aromatic rings. The van der Waals surface area contributed by atoms with E-state index in [1.807, 2.05) is 10.8 Å². The lowest BCUT2D eigenvalue weighted by Crippen LogP contribution is -2.31. The van der Waals surface area contributed by atoms with Crippen molar-refractivity contribution >= 4 is 5.91 Å². The quantitative estimate of drug-likeness (QED) is 0.855. The van der Waals surface area contributed by atoms with Crippen molar-refractivity contribution in [2.45, 2.75) is 44.8 Å².